The molecule has 1 aliphatic rings. The second-order valence-corrected chi connectivity index (χ2v) is 8.51. The second kappa shape index (κ2) is 8.76. The number of benzene rings is 1. The molecule has 0 amide bonds. The van der Waals surface area contributed by atoms with Crippen molar-refractivity contribution in [2.75, 3.05) is 29.9 Å². The van der Waals surface area contributed by atoms with E-state index in [1.165, 1.54) is 12.7 Å². The summed E-state index contributed by atoms with van der Waals surface area (Å²) in [6.45, 7) is 6.83. The van der Waals surface area contributed by atoms with Crippen molar-refractivity contribution in [1.29, 1.82) is 0 Å². The van der Waals surface area contributed by atoms with Crippen LogP contribution in [-0.4, -0.2) is 60.2 Å². The van der Waals surface area contributed by atoms with E-state index in [9.17, 15) is 0 Å². The van der Waals surface area contributed by atoms with Gasteiger partial charge in [0, 0.05) is 43.6 Å². The summed E-state index contributed by atoms with van der Waals surface area (Å²) >= 11 is 0. The quantitative estimate of drug-likeness (QED) is 0.398. The Morgan fingerprint density at radius 3 is 2.91 bits per heavy atom. The molecule has 6 rings (SSSR count). The first-order valence-electron chi connectivity index (χ1n) is 11.4. The van der Waals surface area contributed by atoms with Gasteiger partial charge in [-0.25, -0.2) is 29.4 Å². The molecule has 1 aliphatic heterocycles. The van der Waals surface area contributed by atoms with E-state index in [1.807, 2.05) is 43.5 Å². The van der Waals surface area contributed by atoms with E-state index in [4.69, 9.17) is 9.72 Å². The topological polar surface area (TPSA) is 118 Å². The Kier molecular flexibility index (Phi) is 5.30. The summed E-state index contributed by atoms with van der Waals surface area (Å²) in [5.41, 5.74) is 3.95. The molecular weight excluding hydrogens is 444 g/mol. The first-order valence-corrected chi connectivity index (χ1v) is 11.4. The van der Waals surface area contributed by atoms with Crippen LogP contribution in [0.4, 0.5) is 17.5 Å². The molecule has 2 N–H and O–H groups in total. The molecule has 11 heteroatoms. The number of anilines is 3. The molecule has 4 aromatic heterocycles. The molecule has 1 saturated heterocycles. The van der Waals surface area contributed by atoms with Crippen LogP contribution in [0, 0.1) is 6.92 Å². The van der Waals surface area contributed by atoms with Gasteiger partial charge in [-0.3, -0.25) is 0 Å². The molecule has 0 radical (unpaired) electrons. The number of piperazine rings is 1. The summed E-state index contributed by atoms with van der Waals surface area (Å²) in [5.74, 6) is 2.77. The van der Waals surface area contributed by atoms with Crippen molar-refractivity contribution in [2.24, 2.45) is 0 Å². The summed E-state index contributed by atoms with van der Waals surface area (Å²) < 4.78 is 7.78. The van der Waals surface area contributed by atoms with Crippen LogP contribution in [0.25, 0.3) is 16.7 Å². The fraction of sp³-hybridized carbons (Fsp3) is 0.250. The lowest BCUT2D eigenvalue weighted by atomic mass is 10.2. The lowest BCUT2D eigenvalue weighted by Gasteiger charge is -2.33. The third kappa shape index (κ3) is 4.17. The summed E-state index contributed by atoms with van der Waals surface area (Å²) in [6.07, 6.45) is 6.61. The Balaban J connectivity index is 1.26. The van der Waals surface area contributed by atoms with E-state index in [0.29, 0.717) is 34.6 Å². The Labute approximate surface area is 201 Å². The van der Waals surface area contributed by atoms with Crippen LogP contribution in [0.15, 0.2) is 55.4 Å². The van der Waals surface area contributed by atoms with Gasteiger partial charge in [-0.05, 0) is 43.7 Å². The number of rotatable bonds is 5. The fourth-order valence-electron chi connectivity index (χ4n) is 4.18. The minimum atomic E-state index is 0.308. The largest absolute Gasteiger partial charge is 0.457 e. The maximum absolute atomic E-state index is 6.09. The molecule has 5 heterocycles. The van der Waals surface area contributed by atoms with Crippen LogP contribution >= 0.6 is 0 Å². The van der Waals surface area contributed by atoms with Gasteiger partial charge in [0.1, 0.15) is 35.2 Å². The lowest BCUT2D eigenvalue weighted by molar-refractivity contribution is 0.478. The zero-order valence-corrected chi connectivity index (χ0v) is 19.4. The zero-order valence-electron chi connectivity index (χ0n) is 19.4. The van der Waals surface area contributed by atoms with Gasteiger partial charge in [0.2, 0.25) is 5.95 Å². The second-order valence-electron chi connectivity index (χ2n) is 8.51. The van der Waals surface area contributed by atoms with E-state index >= 15 is 0 Å². The standard InChI is InChI=1S/C24H24N10O/c1-15-9-17(3-4-20(15)35-18-5-7-34-21(10-18)28-14-30-34)31-23-22-19(27-13-29-23)12-26-24(32-22)33-8-6-25-11-16(33)2/h3-5,7,9-10,12-14,16,25H,6,8,11H2,1-2H3,(H,27,29,31)/t16-/m0/s1. The molecule has 0 unspecified atom stereocenters. The van der Waals surface area contributed by atoms with Crippen LogP contribution in [0.2, 0.25) is 0 Å². The summed E-state index contributed by atoms with van der Waals surface area (Å²) in [5, 5.41) is 10.9. The van der Waals surface area contributed by atoms with E-state index in [1.54, 1.807) is 10.7 Å². The number of pyridine rings is 1. The van der Waals surface area contributed by atoms with Gasteiger partial charge in [0.25, 0.3) is 0 Å². The SMILES string of the molecule is Cc1cc(Nc2ncnc3cnc(N4CCNC[C@@H]4C)nc23)ccc1Oc1ccn2ncnc2c1. The first-order chi connectivity index (χ1) is 17.1. The molecule has 0 aliphatic carbocycles. The molecule has 1 aromatic carbocycles. The highest BCUT2D eigenvalue weighted by molar-refractivity contribution is 5.87. The zero-order chi connectivity index (χ0) is 23.8. The van der Waals surface area contributed by atoms with Crippen molar-refractivity contribution in [2.45, 2.75) is 19.9 Å². The number of hydrogen-bond donors (Lipinski definition) is 2. The highest BCUT2D eigenvalue weighted by Crippen LogP contribution is 2.30. The number of ether oxygens (including phenoxy) is 1. The Hall–Kier alpha value is -4.38. The van der Waals surface area contributed by atoms with Crippen molar-refractivity contribution < 1.29 is 4.74 Å². The summed E-state index contributed by atoms with van der Waals surface area (Å²) in [4.78, 5) is 24.6. The number of aryl methyl sites for hydroxylation is 1. The molecule has 0 bridgehead atoms. The van der Waals surface area contributed by atoms with Crippen LogP contribution < -0.4 is 20.3 Å². The van der Waals surface area contributed by atoms with E-state index < -0.39 is 0 Å². The maximum atomic E-state index is 6.09. The monoisotopic (exact) mass is 468 g/mol. The Bertz CT molecular complexity index is 1520. The maximum Gasteiger partial charge on any atom is 0.226 e. The minimum Gasteiger partial charge on any atom is -0.457 e. The molecule has 0 saturated carbocycles. The molecular formula is C24H24N10O. The van der Waals surface area contributed by atoms with E-state index in [0.717, 1.165) is 42.3 Å². The Morgan fingerprint density at radius 1 is 1.09 bits per heavy atom. The molecule has 35 heavy (non-hydrogen) atoms. The average Bonchev–Trinajstić information content (AvgIpc) is 3.34. The molecule has 1 atom stereocenters. The van der Waals surface area contributed by atoms with Gasteiger partial charge in [0.15, 0.2) is 11.5 Å². The predicted molar refractivity (Wildman–Crippen MR) is 132 cm³/mol. The normalized spacial score (nSPS) is 16.1. The van der Waals surface area contributed by atoms with Crippen LogP contribution in [0.1, 0.15) is 12.5 Å². The molecule has 11 nitrogen and oxygen atoms in total. The van der Waals surface area contributed by atoms with Crippen molar-refractivity contribution in [1.82, 2.24) is 39.9 Å². The highest BCUT2D eigenvalue weighted by atomic mass is 16.5. The van der Waals surface area contributed by atoms with Gasteiger partial charge >= 0.3 is 0 Å². The number of nitrogens with zero attached hydrogens (tertiary/aromatic N) is 8. The third-order valence-corrected chi connectivity index (χ3v) is 6.04. The van der Waals surface area contributed by atoms with Gasteiger partial charge in [0.05, 0.1) is 6.20 Å². The summed E-state index contributed by atoms with van der Waals surface area (Å²) in [6, 6.07) is 9.91. The van der Waals surface area contributed by atoms with Gasteiger partial charge in [-0.1, -0.05) is 0 Å². The van der Waals surface area contributed by atoms with Crippen LogP contribution in [0.3, 0.4) is 0 Å². The molecule has 1 fully saturated rings. The highest BCUT2D eigenvalue weighted by Gasteiger charge is 2.21. The van der Waals surface area contributed by atoms with Gasteiger partial charge < -0.3 is 20.3 Å². The van der Waals surface area contributed by atoms with Crippen molar-refractivity contribution in [3.05, 3.63) is 60.9 Å². The van der Waals surface area contributed by atoms with E-state index in [-0.39, 0.29) is 0 Å². The van der Waals surface area contributed by atoms with Crippen LogP contribution in [-0.2, 0) is 0 Å². The number of hydrogen-bond acceptors (Lipinski definition) is 10. The van der Waals surface area contributed by atoms with E-state index in [2.05, 4.69) is 47.5 Å². The summed E-state index contributed by atoms with van der Waals surface area (Å²) in [7, 11) is 0. The average molecular weight is 469 g/mol. The fourth-order valence-corrected chi connectivity index (χ4v) is 4.18. The van der Waals surface area contributed by atoms with Gasteiger partial charge in [-0.15, -0.1) is 0 Å². The minimum absolute atomic E-state index is 0.308. The third-order valence-electron chi connectivity index (χ3n) is 6.04. The lowest BCUT2D eigenvalue weighted by Crippen LogP contribution is -2.50. The number of aromatic nitrogens is 7. The molecule has 5 aromatic rings. The molecule has 0 spiro atoms. The smallest absolute Gasteiger partial charge is 0.226 e. The number of fused-ring (bicyclic) bond motifs is 2. The van der Waals surface area contributed by atoms with Crippen molar-refractivity contribution >= 4 is 34.1 Å². The van der Waals surface area contributed by atoms with Gasteiger partial charge in [-0.2, -0.15) is 5.10 Å². The number of nitrogens with one attached hydrogen (secondary N) is 2. The van der Waals surface area contributed by atoms with Crippen molar-refractivity contribution in [3.8, 4) is 11.5 Å². The predicted octanol–water partition coefficient (Wildman–Crippen LogP) is 3.10. The molecule has 176 valence electrons. The Morgan fingerprint density at radius 2 is 2.03 bits per heavy atom. The van der Waals surface area contributed by atoms with Crippen LogP contribution in [0.5, 0.6) is 11.5 Å². The first kappa shape index (κ1) is 21.2. The van der Waals surface area contributed by atoms with Crippen molar-refractivity contribution in [3.63, 3.8) is 0 Å².